The van der Waals surface area contributed by atoms with E-state index in [9.17, 15) is 4.39 Å². The number of benzene rings is 1. The number of aryl methyl sites for hydroxylation is 1. The first kappa shape index (κ1) is 15.5. The number of nitrogens with one attached hydrogen (secondary N) is 1. The van der Waals surface area contributed by atoms with Crippen molar-refractivity contribution in [1.29, 1.82) is 0 Å². The van der Waals surface area contributed by atoms with E-state index in [-0.39, 0.29) is 5.82 Å². The third kappa shape index (κ3) is 4.57. The van der Waals surface area contributed by atoms with Gasteiger partial charge in [-0.2, -0.15) is 0 Å². The zero-order valence-corrected chi connectivity index (χ0v) is 12.8. The molecule has 3 heteroatoms. The lowest BCUT2D eigenvalue weighted by Crippen LogP contribution is -2.37. The number of halogens is 1. The molecule has 1 aliphatic rings. The van der Waals surface area contributed by atoms with Crippen molar-refractivity contribution in [2.24, 2.45) is 5.92 Å². The first-order valence-electron chi connectivity index (χ1n) is 7.87. The van der Waals surface area contributed by atoms with Crippen LogP contribution in [0.2, 0.25) is 0 Å². The van der Waals surface area contributed by atoms with Crippen molar-refractivity contribution in [1.82, 2.24) is 10.2 Å². The third-order valence-corrected chi connectivity index (χ3v) is 4.27. The van der Waals surface area contributed by atoms with Gasteiger partial charge in [0.15, 0.2) is 0 Å². The summed E-state index contributed by atoms with van der Waals surface area (Å²) in [6, 6.07) is 5.11. The van der Waals surface area contributed by atoms with Gasteiger partial charge in [0.05, 0.1) is 0 Å². The number of likely N-dealkylation sites (tertiary alicyclic amines) is 1. The summed E-state index contributed by atoms with van der Waals surface area (Å²) in [5.41, 5.74) is 2.32. The molecule has 0 aromatic heterocycles. The van der Waals surface area contributed by atoms with Gasteiger partial charge in [-0.25, -0.2) is 4.39 Å². The average molecular weight is 278 g/mol. The molecule has 1 aliphatic heterocycles. The minimum atomic E-state index is -0.121. The van der Waals surface area contributed by atoms with E-state index in [0.29, 0.717) is 0 Å². The normalized spacial score (nSPS) is 17.6. The zero-order chi connectivity index (χ0) is 14.4. The molecule has 0 amide bonds. The molecule has 0 spiro atoms. The lowest BCUT2D eigenvalue weighted by atomic mass is 9.96. The predicted octanol–water partition coefficient (Wildman–Crippen LogP) is 3.35. The van der Waals surface area contributed by atoms with E-state index >= 15 is 0 Å². The van der Waals surface area contributed by atoms with E-state index in [1.165, 1.54) is 24.8 Å². The number of piperidine rings is 1. The smallest absolute Gasteiger partial charge is 0.123 e. The summed E-state index contributed by atoms with van der Waals surface area (Å²) in [4.78, 5) is 2.46. The van der Waals surface area contributed by atoms with Gasteiger partial charge in [-0.3, -0.25) is 4.90 Å². The Morgan fingerprint density at radius 3 is 2.75 bits per heavy atom. The highest BCUT2D eigenvalue weighted by atomic mass is 19.1. The fourth-order valence-electron chi connectivity index (χ4n) is 2.88. The fraction of sp³-hybridized carbons (Fsp3) is 0.647. The van der Waals surface area contributed by atoms with Crippen molar-refractivity contribution in [3.63, 3.8) is 0 Å². The van der Waals surface area contributed by atoms with Gasteiger partial charge in [0.2, 0.25) is 0 Å². The summed E-state index contributed by atoms with van der Waals surface area (Å²) in [5.74, 6) is 0.690. The van der Waals surface area contributed by atoms with E-state index in [1.807, 2.05) is 6.07 Å². The molecule has 0 saturated carbocycles. The van der Waals surface area contributed by atoms with Crippen molar-refractivity contribution in [2.75, 3.05) is 26.2 Å². The van der Waals surface area contributed by atoms with Gasteiger partial charge in [-0.15, -0.1) is 0 Å². The molecule has 1 fully saturated rings. The minimum Gasteiger partial charge on any atom is -0.316 e. The Balaban J connectivity index is 1.78. The van der Waals surface area contributed by atoms with Crippen LogP contribution < -0.4 is 5.32 Å². The highest BCUT2D eigenvalue weighted by Crippen LogP contribution is 2.20. The van der Waals surface area contributed by atoms with E-state index < -0.39 is 0 Å². The minimum absolute atomic E-state index is 0.121. The molecule has 1 N–H and O–H groups in total. The molecular formula is C17H27FN2. The molecule has 0 aliphatic carbocycles. The maximum absolute atomic E-state index is 13.3. The first-order chi connectivity index (χ1) is 9.69. The van der Waals surface area contributed by atoms with Crippen LogP contribution in [0.1, 0.15) is 37.3 Å². The largest absolute Gasteiger partial charge is 0.316 e. The van der Waals surface area contributed by atoms with Crippen LogP contribution in [-0.2, 0) is 6.54 Å². The van der Waals surface area contributed by atoms with E-state index in [1.54, 1.807) is 12.1 Å². The third-order valence-electron chi connectivity index (χ3n) is 4.27. The van der Waals surface area contributed by atoms with E-state index in [4.69, 9.17) is 0 Å². The Kier molecular flexibility index (Phi) is 5.99. The Hall–Kier alpha value is -0.930. The molecule has 1 heterocycles. The summed E-state index contributed by atoms with van der Waals surface area (Å²) >= 11 is 0. The van der Waals surface area contributed by atoms with Crippen LogP contribution in [0.3, 0.4) is 0 Å². The van der Waals surface area contributed by atoms with Gasteiger partial charge in [-0.1, -0.05) is 13.0 Å². The van der Waals surface area contributed by atoms with Gasteiger partial charge in [0, 0.05) is 6.54 Å². The summed E-state index contributed by atoms with van der Waals surface area (Å²) in [6.45, 7) is 9.71. The summed E-state index contributed by atoms with van der Waals surface area (Å²) in [6.07, 6.45) is 3.72. The van der Waals surface area contributed by atoms with Crippen LogP contribution in [0.25, 0.3) is 0 Å². The predicted molar refractivity (Wildman–Crippen MR) is 82.3 cm³/mol. The average Bonchev–Trinajstić information content (AvgIpc) is 2.45. The van der Waals surface area contributed by atoms with E-state index in [0.717, 1.165) is 44.2 Å². The van der Waals surface area contributed by atoms with Gasteiger partial charge in [-0.05, 0) is 81.5 Å². The molecule has 0 radical (unpaired) electrons. The molecular weight excluding hydrogens is 251 g/mol. The maximum atomic E-state index is 13.3. The molecule has 1 saturated heterocycles. The molecule has 112 valence electrons. The standard InChI is InChI=1S/C17H27FN2/c1-3-8-19-12-15-6-9-20(10-7-15)13-16-11-17(18)5-4-14(16)2/h4-5,11,15,19H,3,6-10,12-13H2,1-2H3. The lowest BCUT2D eigenvalue weighted by Gasteiger charge is -2.32. The fourth-order valence-corrected chi connectivity index (χ4v) is 2.88. The SMILES string of the molecule is CCCNCC1CCN(Cc2cc(F)ccc2C)CC1. The molecule has 1 aromatic rings. The molecule has 2 rings (SSSR count). The van der Waals surface area contributed by atoms with Crippen LogP contribution in [0.4, 0.5) is 4.39 Å². The summed E-state index contributed by atoms with van der Waals surface area (Å²) < 4.78 is 13.3. The van der Waals surface area contributed by atoms with Crippen LogP contribution >= 0.6 is 0 Å². The van der Waals surface area contributed by atoms with Gasteiger partial charge >= 0.3 is 0 Å². The van der Waals surface area contributed by atoms with Crippen molar-refractivity contribution in [2.45, 2.75) is 39.7 Å². The molecule has 0 bridgehead atoms. The van der Waals surface area contributed by atoms with Gasteiger partial charge in [0.1, 0.15) is 5.82 Å². The second-order valence-corrected chi connectivity index (χ2v) is 5.99. The van der Waals surface area contributed by atoms with Crippen LogP contribution in [0.5, 0.6) is 0 Å². The first-order valence-corrected chi connectivity index (χ1v) is 7.87. The van der Waals surface area contributed by atoms with Gasteiger partial charge < -0.3 is 5.32 Å². The Morgan fingerprint density at radius 2 is 2.05 bits per heavy atom. The van der Waals surface area contributed by atoms with Crippen LogP contribution in [-0.4, -0.2) is 31.1 Å². The van der Waals surface area contributed by atoms with E-state index in [2.05, 4.69) is 24.1 Å². The molecule has 20 heavy (non-hydrogen) atoms. The number of hydrogen-bond donors (Lipinski definition) is 1. The quantitative estimate of drug-likeness (QED) is 0.803. The second-order valence-electron chi connectivity index (χ2n) is 5.99. The molecule has 0 unspecified atom stereocenters. The lowest BCUT2D eigenvalue weighted by molar-refractivity contribution is 0.175. The van der Waals surface area contributed by atoms with Gasteiger partial charge in [0.25, 0.3) is 0 Å². The summed E-state index contributed by atoms with van der Waals surface area (Å²) in [5, 5.41) is 3.52. The van der Waals surface area contributed by atoms with Crippen molar-refractivity contribution in [3.8, 4) is 0 Å². The number of hydrogen-bond acceptors (Lipinski definition) is 2. The molecule has 2 nitrogen and oxygen atoms in total. The zero-order valence-electron chi connectivity index (χ0n) is 12.8. The Labute approximate surface area is 122 Å². The van der Waals surface area contributed by atoms with Crippen molar-refractivity contribution < 1.29 is 4.39 Å². The van der Waals surface area contributed by atoms with Crippen LogP contribution in [0.15, 0.2) is 18.2 Å². The summed E-state index contributed by atoms with van der Waals surface area (Å²) in [7, 11) is 0. The van der Waals surface area contributed by atoms with Crippen molar-refractivity contribution in [3.05, 3.63) is 35.1 Å². The maximum Gasteiger partial charge on any atom is 0.123 e. The molecule has 1 aromatic carbocycles. The Bertz CT molecular complexity index is 411. The topological polar surface area (TPSA) is 15.3 Å². The number of rotatable bonds is 6. The second kappa shape index (κ2) is 7.75. The Morgan fingerprint density at radius 1 is 1.30 bits per heavy atom. The highest BCUT2D eigenvalue weighted by molar-refractivity contribution is 5.26. The number of nitrogens with zero attached hydrogens (tertiary/aromatic N) is 1. The highest BCUT2D eigenvalue weighted by Gasteiger charge is 2.19. The monoisotopic (exact) mass is 278 g/mol. The molecule has 0 atom stereocenters. The van der Waals surface area contributed by atoms with Crippen LogP contribution in [0, 0.1) is 18.7 Å². The van der Waals surface area contributed by atoms with Crippen molar-refractivity contribution >= 4 is 0 Å².